The van der Waals surface area contributed by atoms with Crippen molar-refractivity contribution in [3.63, 3.8) is 0 Å². The molecule has 30 heavy (non-hydrogen) atoms. The van der Waals surface area contributed by atoms with Gasteiger partial charge in [0.05, 0.1) is 10.4 Å². The molecule has 3 heterocycles. The zero-order valence-corrected chi connectivity index (χ0v) is 17.1. The van der Waals surface area contributed by atoms with Crippen molar-refractivity contribution >= 4 is 27.0 Å². The standard InChI is InChI=1S/C20H22N4O5S/c25-19(22-14-15-4-3-8-21-13-15)7-11-24-17-6-5-16(12-18(17)29-20(24)26)30(27,28)23-9-1-2-10-23/h3-6,8,12-13H,1-2,7,9-11,14H2,(H,22,25). The monoisotopic (exact) mass is 430 g/mol. The summed E-state index contributed by atoms with van der Waals surface area (Å²) in [5.41, 5.74) is 1.53. The molecule has 1 aromatic carbocycles. The van der Waals surface area contributed by atoms with E-state index in [2.05, 4.69) is 10.3 Å². The largest absolute Gasteiger partial charge is 0.419 e. The number of aryl methyl sites for hydroxylation is 1. The van der Waals surface area contributed by atoms with Crippen LogP contribution >= 0.6 is 0 Å². The van der Waals surface area contributed by atoms with Crippen molar-refractivity contribution in [1.29, 1.82) is 0 Å². The van der Waals surface area contributed by atoms with E-state index in [4.69, 9.17) is 4.42 Å². The zero-order chi connectivity index (χ0) is 21.1. The quantitative estimate of drug-likeness (QED) is 0.607. The first kappa shape index (κ1) is 20.3. The second-order valence-electron chi connectivity index (χ2n) is 7.15. The third-order valence-corrected chi connectivity index (χ3v) is 7.01. The lowest BCUT2D eigenvalue weighted by atomic mass is 10.3. The summed E-state index contributed by atoms with van der Waals surface area (Å²) in [5, 5.41) is 2.78. The number of nitrogens with zero attached hydrogens (tertiary/aromatic N) is 3. The number of oxazole rings is 1. The van der Waals surface area contributed by atoms with Crippen LogP contribution in [0.15, 0.2) is 56.8 Å². The molecule has 3 aromatic rings. The molecule has 0 unspecified atom stereocenters. The Kier molecular flexibility index (Phi) is 5.69. The molecule has 1 aliphatic heterocycles. The third kappa shape index (κ3) is 4.14. The van der Waals surface area contributed by atoms with E-state index in [1.807, 2.05) is 6.07 Å². The second-order valence-corrected chi connectivity index (χ2v) is 9.09. The van der Waals surface area contributed by atoms with Crippen LogP contribution < -0.4 is 11.1 Å². The highest BCUT2D eigenvalue weighted by Gasteiger charge is 2.28. The molecule has 1 saturated heterocycles. The van der Waals surface area contributed by atoms with E-state index in [0.717, 1.165) is 18.4 Å². The topological polar surface area (TPSA) is 115 Å². The average Bonchev–Trinajstić information content (AvgIpc) is 3.39. The van der Waals surface area contributed by atoms with Gasteiger partial charge >= 0.3 is 5.76 Å². The number of rotatable bonds is 7. The molecule has 9 nitrogen and oxygen atoms in total. The lowest BCUT2D eigenvalue weighted by molar-refractivity contribution is -0.121. The maximum Gasteiger partial charge on any atom is 0.419 e. The minimum Gasteiger partial charge on any atom is -0.408 e. The maximum absolute atomic E-state index is 12.7. The van der Waals surface area contributed by atoms with Crippen molar-refractivity contribution in [2.24, 2.45) is 0 Å². The highest BCUT2D eigenvalue weighted by Crippen LogP contribution is 2.24. The lowest BCUT2D eigenvalue weighted by Crippen LogP contribution is -2.27. The van der Waals surface area contributed by atoms with Crippen LogP contribution in [-0.2, 0) is 27.9 Å². The van der Waals surface area contributed by atoms with E-state index in [1.54, 1.807) is 24.5 Å². The van der Waals surface area contributed by atoms with Crippen LogP contribution in [0.3, 0.4) is 0 Å². The summed E-state index contributed by atoms with van der Waals surface area (Å²) in [6.45, 7) is 1.48. The number of carbonyl (C=O) groups excluding carboxylic acids is 1. The molecule has 0 spiro atoms. The Morgan fingerprint density at radius 1 is 1.20 bits per heavy atom. The number of pyridine rings is 1. The van der Waals surface area contributed by atoms with Gasteiger partial charge in [-0.05, 0) is 36.6 Å². The van der Waals surface area contributed by atoms with Gasteiger partial charge < -0.3 is 9.73 Å². The SMILES string of the molecule is O=C(CCn1c(=O)oc2cc(S(=O)(=O)N3CCCC3)ccc21)NCc1cccnc1. The fraction of sp³-hybridized carbons (Fsp3) is 0.350. The summed E-state index contributed by atoms with van der Waals surface area (Å²) < 4.78 is 33.5. The Labute approximate surface area is 173 Å². The smallest absolute Gasteiger partial charge is 0.408 e. The molecule has 0 radical (unpaired) electrons. The molecule has 0 bridgehead atoms. The minimum absolute atomic E-state index is 0.0859. The van der Waals surface area contributed by atoms with Crippen molar-refractivity contribution in [2.45, 2.75) is 37.2 Å². The highest BCUT2D eigenvalue weighted by atomic mass is 32.2. The number of nitrogens with one attached hydrogen (secondary N) is 1. The van der Waals surface area contributed by atoms with Crippen LogP contribution in [0.25, 0.3) is 11.1 Å². The normalized spacial score (nSPS) is 14.9. The summed E-state index contributed by atoms with van der Waals surface area (Å²) in [6.07, 6.45) is 5.10. The van der Waals surface area contributed by atoms with Gasteiger partial charge in [-0.15, -0.1) is 0 Å². The van der Waals surface area contributed by atoms with Crippen molar-refractivity contribution in [3.8, 4) is 0 Å². The Balaban J connectivity index is 1.46. The van der Waals surface area contributed by atoms with Gasteiger partial charge in [0, 0.05) is 51.1 Å². The van der Waals surface area contributed by atoms with Gasteiger partial charge in [0.25, 0.3) is 0 Å². The fourth-order valence-electron chi connectivity index (χ4n) is 3.50. The van der Waals surface area contributed by atoms with E-state index in [1.165, 1.54) is 21.0 Å². The van der Waals surface area contributed by atoms with Crippen molar-refractivity contribution in [2.75, 3.05) is 13.1 Å². The van der Waals surface area contributed by atoms with E-state index in [9.17, 15) is 18.0 Å². The number of hydrogen-bond acceptors (Lipinski definition) is 6. The average molecular weight is 430 g/mol. The minimum atomic E-state index is -3.60. The third-order valence-electron chi connectivity index (χ3n) is 5.12. The van der Waals surface area contributed by atoms with E-state index in [0.29, 0.717) is 25.2 Å². The molecular weight excluding hydrogens is 408 g/mol. The predicted octanol–water partition coefficient (Wildman–Crippen LogP) is 1.48. The van der Waals surface area contributed by atoms with Gasteiger partial charge in [-0.25, -0.2) is 13.2 Å². The molecule has 0 atom stereocenters. The molecule has 1 N–H and O–H groups in total. The van der Waals surface area contributed by atoms with Crippen LogP contribution in [0.2, 0.25) is 0 Å². The Morgan fingerprint density at radius 3 is 2.73 bits per heavy atom. The summed E-state index contributed by atoms with van der Waals surface area (Å²) in [5.74, 6) is -0.839. The first-order valence-electron chi connectivity index (χ1n) is 9.74. The van der Waals surface area contributed by atoms with Gasteiger partial charge in [-0.1, -0.05) is 6.07 Å². The van der Waals surface area contributed by atoms with Crippen molar-refractivity contribution < 1.29 is 17.6 Å². The van der Waals surface area contributed by atoms with Crippen molar-refractivity contribution in [3.05, 3.63) is 58.8 Å². The molecule has 0 saturated carbocycles. The highest BCUT2D eigenvalue weighted by molar-refractivity contribution is 7.89. The van der Waals surface area contributed by atoms with Gasteiger partial charge in [-0.2, -0.15) is 4.31 Å². The zero-order valence-electron chi connectivity index (χ0n) is 16.3. The van der Waals surface area contributed by atoms with Crippen molar-refractivity contribution in [1.82, 2.24) is 19.2 Å². The molecule has 1 amide bonds. The number of amides is 1. The van der Waals surface area contributed by atoms with Crippen LogP contribution in [-0.4, -0.2) is 41.3 Å². The molecule has 158 valence electrons. The summed E-state index contributed by atoms with van der Waals surface area (Å²) in [4.78, 5) is 28.5. The van der Waals surface area contributed by atoms with Gasteiger partial charge in [0.2, 0.25) is 15.9 Å². The first-order chi connectivity index (χ1) is 14.4. The molecule has 10 heteroatoms. The van der Waals surface area contributed by atoms with Crippen LogP contribution in [0.4, 0.5) is 0 Å². The van der Waals surface area contributed by atoms with E-state index >= 15 is 0 Å². The number of fused-ring (bicyclic) bond motifs is 1. The summed E-state index contributed by atoms with van der Waals surface area (Å²) >= 11 is 0. The van der Waals surface area contributed by atoms with Gasteiger partial charge in [0.15, 0.2) is 5.58 Å². The number of hydrogen-bond donors (Lipinski definition) is 1. The summed E-state index contributed by atoms with van der Waals surface area (Å²) in [6, 6.07) is 8.05. The first-order valence-corrected chi connectivity index (χ1v) is 11.2. The Bertz CT molecular complexity index is 1210. The molecule has 1 fully saturated rings. The van der Waals surface area contributed by atoms with E-state index in [-0.39, 0.29) is 29.4 Å². The molecule has 1 aliphatic rings. The Hall–Kier alpha value is -2.98. The lowest BCUT2D eigenvalue weighted by Gasteiger charge is -2.15. The second kappa shape index (κ2) is 8.41. The summed E-state index contributed by atoms with van der Waals surface area (Å²) in [7, 11) is -3.60. The molecule has 2 aromatic heterocycles. The Morgan fingerprint density at radius 2 is 2.00 bits per heavy atom. The molecule has 4 rings (SSSR count). The van der Waals surface area contributed by atoms with Gasteiger partial charge in [-0.3, -0.25) is 14.3 Å². The van der Waals surface area contributed by atoms with Crippen LogP contribution in [0.1, 0.15) is 24.8 Å². The number of benzene rings is 1. The van der Waals surface area contributed by atoms with Gasteiger partial charge in [0.1, 0.15) is 0 Å². The fourth-order valence-corrected chi connectivity index (χ4v) is 5.03. The number of sulfonamides is 1. The molecule has 0 aliphatic carbocycles. The number of carbonyl (C=O) groups is 1. The van der Waals surface area contributed by atoms with Crippen LogP contribution in [0.5, 0.6) is 0 Å². The number of aromatic nitrogens is 2. The maximum atomic E-state index is 12.7. The predicted molar refractivity (Wildman–Crippen MR) is 109 cm³/mol. The molecular formula is C20H22N4O5S. The van der Waals surface area contributed by atoms with E-state index < -0.39 is 15.8 Å². The van der Waals surface area contributed by atoms with Crippen LogP contribution in [0, 0.1) is 0 Å².